The van der Waals surface area contributed by atoms with E-state index in [2.05, 4.69) is 77.4 Å². The number of thiophene rings is 2. The van der Waals surface area contributed by atoms with Crippen LogP contribution in [0, 0.1) is 64.1 Å². The Hall–Kier alpha value is -4.65. The maximum Gasteiger partial charge on any atom is 1.00 e. The van der Waals surface area contributed by atoms with Crippen molar-refractivity contribution in [1.82, 2.24) is 19.9 Å². The van der Waals surface area contributed by atoms with Gasteiger partial charge in [0.05, 0.1) is 27.2 Å². The smallest absolute Gasteiger partial charge is 1.00 e. The van der Waals surface area contributed by atoms with Gasteiger partial charge in [-0.3, -0.25) is 9.59 Å². The Morgan fingerprint density at radius 1 is 0.679 bits per heavy atom. The number of aliphatic hydroxyl groups excluding tert-OH is 1. The normalized spacial score (nSPS) is 23.9. The zero-order chi connectivity index (χ0) is 56.2. The van der Waals surface area contributed by atoms with Crippen LogP contribution in [0.25, 0.3) is 0 Å². The van der Waals surface area contributed by atoms with Gasteiger partial charge < -0.3 is 31.3 Å². The van der Waals surface area contributed by atoms with Crippen molar-refractivity contribution in [1.29, 1.82) is 0 Å². The van der Waals surface area contributed by atoms with Gasteiger partial charge >= 0.3 is 47.5 Å². The van der Waals surface area contributed by atoms with Gasteiger partial charge in [0.15, 0.2) is 0 Å². The van der Waals surface area contributed by atoms with E-state index >= 15 is 0 Å². The summed E-state index contributed by atoms with van der Waals surface area (Å²) < 4.78 is 5.98. The summed E-state index contributed by atoms with van der Waals surface area (Å²) in [5, 5.41) is 30.4. The van der Waals surface area contributed by atoms with Crippen LogP contribution in [0.4, 0.5) is 11.4 Å². The van der Waals surface area contributed by atoms with Crippen LogP contribution in [0.1, 0.15) is 183 Å². The number of anilines is 2. The van der Waals surface area contributed by atoms with E-state index in [1.807, 2.05) is 41.5 Å². The Morgan fingerprint density at radius 2 is 1.14 bits per heavy atom. The van der Waals surface area contributed by atoms with Gasteiger partial charge in [0.1, 0.15) is 15.9 Å². The summed E-state index contributed by atoms with van der Waals surface area (Å²) in [5.74, 6) is 11.4. The summed E-state index contributed by atoms with van der Waals surface area (Å²) in [4.78, 5) is 73.5. The predicted molar refractivity (Wildman–Crippen MR) is 307 cm³/mol. The maximum atomic E-state index is 14.2. The number of hydrogen-bond donors (Lipinski definition) is 3. The van der Waals surface area contributed by atoms with Crippen LogP contribution in [0.5, 0.6) is 6.01 Å². The standard InChI is InChI=1S/C30H37N3O4S.C26H37NO4S.C4H3ClN2.Na.H/c1-19-7-12-24(20(2)17-19)27(34)33(21-8-10-22(11-9-21)37-29-31-15-6-16-32-29)25-18-23(13-14-30(3,4)5)38-26(25)28(35)36;1-16-6-11-21(17(2)14-16)24(29)27(18-7-9-19(28)10-8-18)22-15-20(12-13-26(3,4)5)32-23(22)25(30)31;5-4-6-2-1-3-7-4;;/h6-7,15-16,18,20-22,24H,8-12,17H2,1-5H3,(H,35,36);15-19,21,28H,6-11,14H2,1-5H3,(H,30,31);1-3H;;/q;;;+1;-1/t20-,21?,22?,24-;16?,17-,18?,19?,21-;;;/m00.../s1. The van der Waals surface area contributed by atoms with Gasteiger partial charge in [0.2, 0.25) is 17.1 Å². The molecule has 14 nitrogen and oxygen atoms in total. The van der Waals surface area contributed by atoms with Crippen molar-refractivity contribution in [3.63, 3.8) is 0 Å². The number of halogens is 1. The van der Waals surface area contributed by atoms with Gasteiger partial charge in [-0.2, -0.15) is 0 Å². The van der Waals surface area contributed by atoms with Gasteiger partial charge in [-0.15, -0.1) is 22.7 Å². The minimum Gasteiger partial charge on any atom is -1.00 e. The third kappa shape index (κ3) is 18.7. The number of hydrogen-bond acceptors (Lipinski definition) is 12. The molecule has 4 aromatic rings. The molecule has 18 heteroatoms. The maximum absolute atomic E-state index is 14.2. The third-order valence-corrected chi connectivity index (χ3v) is 16.7. The molecule has 0 spiro atoms. The molecule has 4 heterocycles. The second-order valence-electron chi connectivity index (χ2n) is 23.3. The summed E-state index contributed by atoms with van der Waals surface area (Å²) in [6, 6.07) is 7.22. The van der Waals surface area contributed by atoms with E-state index in [1.165, 1.54) is 5.57 Å². The number of carbonyl (C=O) groups excluding carboxylic acids is 2. The summed E-state index contributed by atoms with van der Waals surface area (Å²) in [6.07, 6.45) is 18.2. The summed E-state index contributed by atoms with van der Waals surface area (Å²) in [5.41, 5.74) is 1.84. The van der Waals surface area contributed by atoms with E-state index in [9.17, 15) is 34.5 Å². The van der Waals surface area contributed by atoms with E-state index in [1.54, 1.807) is 58.9 Å². The summed E-state index contributed by atoms with van der Waals surface area (Å²) in [6.45, 7) is 20.7. The molecular formula is C60H78ClN6NaO8S2. The van der Waals surface area contributed by atoms with Crippen molar-refractivity contribution in [2.45, 2.75) is 177 Å². The Labute approximate surface area is 498 Å². The fourth-order valence-electron chi connectivity index (χ4n) is 10.6. The van der Waals surface area contributed by atoms with Crippen LogP contribution < -0.4 is 44.1 Å². The number of nitrogens with zero attached hydrogens (tertiary/aromatic N) is 6. The van der Waals surface area contributed by atoms with E-state index in [0.717, 1.165) is 61.2 Å². The molecule has 0 aliphatic heterocycles. The first kappa shape index (κ1) is 64.2. The molecule has 78 heavy (non-hydrogen) atoms. The fourth-order valence-corrected chi connectivity index (χ4v) is 12.4. The van der Waals surface area contributed by atoms with Crippen molar-refractivity contribution in [3.05, 3.63) is 85.5 Å². The molecule has 4 aliphatic rings. The summed E-state index contributed by atoms with van der Waals surface area (Å²) in [7, 11) is 0. The third-order valence-electron chi connectivity index (χ3n) is 14.4. The Kier molecular flexibility index (Phi) is 24.0. The minimum atomic E-state index is -1.03. The van der Waals surface area contributed by atoms with Gasteiger partial charge in [0, 0.05) is 59.5 Å². The molecule has 5 atom stereocenters. The minimum absolute atomic E-state index is 0. The SMILES string of the molecule is CC1=CC[C@H](C(=O)N(c2cc(C#CC(C)(C)C)sc2C(=O)O)C2CCC(Oc3ncccn3)CC2)[C@@H](C)C1.CC1CC[C@H](C(=O)N(c2cc(C#CC(C)(C)C)sc2C(=O)O)C2CCC(O)CC2)[C@@H](C)C1.Clc1ncccn1.[H-].[Na+]. The number of rotatable bonds is 10. The van der Waals surface area contributed by atoms with Gasteiger partial charge in [-0.1, -0.05) is 56.1 Å². The first-order valence-electron chi connectivity index (χ1n) is 27.0. The Morgan fingerprint density at radius 3 is 1.56 bits per heavy atom. The van der Waals surface area contributed by atoms with Crippen molar-refractivity contribution in [2.24, 2.45) is 40.4 Å². The molecule has 3 fully saturated rings. The van der Waals surface area contributed by atoms with Gasteiger partial charge in [-0.05, 0) is 186 Å². The number of carboxylic acids is 2. The number of carboxylic acid groups (broad SMARTS) is 2. The number of aromatic carboxylic acids is 2. The number of carbonyl (C=O) groups is 4. The second kappa shape index (κ2) is 29.2. The number of aromatic nitrogens is 4. The van der Waals surface area contributed by atoms with E-state index in [0.29, 0.717) is 83.3 Å². The molecule has 3 saturated carbocycles. The topological polar surface area (TPSA) is 196 Å². The molecule has 4 aromatic heterocycles. The zero-order valence-corrected chi connectivity index (χ0v) is 51.7. The van der Waals surface area contributed by atoms with Crippen molar-refractivity contribution in [3.8, 4) is 29.7 Å². The quantitative estimate of drug-likeness (QED) is 0.0589. The van der Waals surface area contributed by atoms with Crippen LogP contribution in [0.2, 0.25) is 5.28 Å². The number of ether oxygens (including phenoxy) is 1. The molecule has 0 radical (unpaired) electrons. The molecule has 2 amide bonds. The molecule has 0 saturated heterocycles. The van der Waals surface area contributed by atoms with E-state index in [-0.39, 0.29) is 111 Å². The van der Waals surface area contributed by atoms with Gasteiger partial charge in [-0.25, -0.2) is 29.5 Å². The van der Waals surface area contributed by atoms with Crippen LogP contribution in [-0.2, 0) is 9.59 Å². The van der Waals surface area contributed by atoms with Crippen LogP contribution in [0.3, 0.4) is 0 Å². The average Bonchev–Trinajstić information content (AvgIpc) is 4.04. The Bertz CT molecular complexity index is 2820. The molecule has 8 rings (SSSR count). The first-order chi connectivity index (χ1) is 36.4. The molecule has 0 aromatic carbocycles. The van der Waals surface area contributed by atoms with Crippen LogP contribution in [-0.4, -0.2) is 83.3 Å². The predicted octanol–water partition coefficient (Wildman–Crippen LogP) is 10.1. The van der Waals surface area contributed by atoms with Gasteiger partial charge in [0.25, 0.3) is 0 Å². The first-order valence-corrected chi connectivity index (χ1v) is 29.0. The van der Waals surface area contributed by atoms with Crippen molar-refractivity contribution >= 4 is 69.4 Å². The summed E-state index contributed by atoms with van der Waals surface area (Å²) >= 11 is 7.62. The van der Waals surface area contributed by atoms with Crippen molar-refractivity contribution < 1.29 is 70.2 Å². The molecular weight excluding hydrogens is 1060 g/mol. The molecule has 1 unspecified atom stereocenters. The largest absolute Gasteiger partial charge is 1.00 e. The molecule has 3 N–H and O–H groups in total. The van der Waals surface area contributed by atoms with Crippen LogP contribution >= 0.6 is 34.3 Å². The molecule has 0 bridgehead atoms. The monoisotopic (exact) mass is 1130 g/mol. The second-order valence-corrected chi connectivity index (χ2v) is 25.8. The molecule has 4 aliphatic carbocycles. The van der Waals surface area contributed by atoms with E-state index < -0.39 is 11.9 Å². The zero-order valence-electron chi connectivity index (χ0n) is 48.3. The Balaban J connectivity index is 0.000000299. The number of aliphatic hydroxyl groups is 1. The molecule has 416 valence electrons. The van der Waals surface area contributed by atoms with E-state index in [4.69, 9.17) is 16.3 Å². The fraction of sp³-hybridized carbons (Fsp3) is 0.567. The van der Waals surface area contributed by atoms with Crippen molar-refractivity contribution in [2.75, 3.05) is 9.80 Å². The average molecular weight is 1130 g/mol. The number of amides is 2. The number of allylic oxidation sites excluding steroid dienone is 2. The van der Waals surface area contributed by atoms with Crippen LogP contribution in [0.15, 0.2) is 60.7 Å².